The van der Waals surface area contributed by atoms with Crippen molar-refractivity contribution in [3.8, 4) is 6.07 Å². The van der Waals surface area contributed by atoms with Crippen LogP contribution in [0.15, 0.2) is 18.3 Å². The van der Waals surface area contributed by atoms with E-state index in [1.54, 1.807) is 12.1 Å². The fraction of sp³-hybridized carbons (Fsp3) is 0.400. The molecule has 0 radical (unpaired) electrons. The standard InChI is InChI=1S/C10H9F2N3/c11-10(12)3-9(4-10)15-8-2-1-7(5-13)14-6-8/h1-2,6,9,15H,3-4H2. The van der Waals surface area contributed by atoms with E-state index < -0.39 is 5.92 Å². The number of alkyl halides is 2. The molecule has 1 aliphatic rings. The minimum absolute atomic E-state index is 0.132. The van der Waals surface area contributed by atoms with Crippen molar-refractivity contribution in [2.45, 2.75) is 24.8 Å². The zero-order valence-corrected chi connectivity index (χ0v) is 7.87. The van der Waals surface area contributed by atoms with Crippen LogP contribution in [0.4, 0.5) is 14.5 Å². The van der Waals surface area contributed by atoms with Gasteiger partial charge in [-0.25, -0.2) is 13.8 Å². The Hall–Kier alpha value is -1.70. The van der Waals surface area contributed by atoms with Crippen molar-refractivity contribution in [3.05, 3.63) is 24.0 Å². The molecule has 1 aromatic rings. The largest absolute Gasteiger partial charge is 0.381 e. The summed E-state index contributed by atoms with van der Waals surface area (Å²) >= 11 is 0. The Bertz CT molecular complexity index is 386. The van der Waals surface area contributed by atoms with Crippen LogP contribution >= 0.6 is 0 Å². The van der Waals surface area contributed by atoms with Crippen molar-refractivity contribution >= 4 is 5.69 Å². The summed E-state index contributed by atoms with van der Waals surface area (Å²) in [7, 11) is 0. The van der Waals surface area contributed by atoms with Gasteiger partial charge in [-0.1, -0.05) is 0 Å². The molecule has 0 aromatic carbocycles. The summed E-state index contributed by atoms with van der Waals surface area (Å²) in [4.78, 5) is 3.83. The van der Waals surface area contributed by atoms with E-state index in [-0.39, 0.29) is 18.9 Å². The first kappa shape index (κ1) is 9.84. The molecule has 1 aliphatic carbocycles. The molecule has 0 bridgehead atoms. The fourth-order valence-corrected chi connectivity index (χ4v) is 1.54. The van der Waals surface area contributed by atoms with Gasteiger partial charge >= 0.3 is 0 Å². The Morgan fingerprint density at radius 2 is 2.20 bits per heavy atom. The van der Waals surface area contributed by atoms with Gasteiger partial charge in [0.2, 0.25) is 0 Å². The Labute approximate surface area is 85.7 Å². The van der Waals surface area contributed by atoms with E-state index in [1.165, 1.54) is 6.20 Å². The molecule has 5 heteroatoms. The number of hydrogen-bond acceptors (Lipinski definition) is 3. The van der Waals surface area contributed by atoms with Crippen molar-refractivity contribution in [2.75, 3.05) is 5.32 Å². The lowest BCUT2D eigenvalue weighted by atomic mass is 9.88. The van der Waals surface area contributed by atoms with Crippen LogP contribution in [0.3, 0.4) is 0 Å². The molecule has 0 spiro atoms. The normalized spacial score (nSPS) is 19.0. The highest BCUT2D eigenvalue weighted by Gasteiger charge is 2.45. The monoisotopic (exact) mass is 209 g/mol. The van der Waals surface area contributed by atoms with Gasteiger partial charge in [0, 0.05) is 18.9 Å². The molecule has 0 amide bonds. The number of anilines is 1. The third kappa shape index (κ3) is 2.21. The van der Waals surface area contributed by atoms with Gasteiger partial charge in [0.1, 0.15) is 11.8 Å². The molecule has 0 aliphatic heterocycles. The number of aromatic nitrogens is 1. The van der Waals surface area contributed by atoms with Crippen LogP contribution in [-0.2, 0) is 0 Å². The molecule has 3 nitrogen and oxygen atoms in total. The predicted molar refractivity (Wildman–Crippen MR) is 50.5 cm³/mol. The maximum Gasteiger partial charge on any atom is 0.252 e. The quantitative estimate of drug-likeness (QED) is 0.811. The molecular formula is C10H9F2N3. The van der Waals surface area contributed by atoms with Crippen LogP contribution < -0.4 is 5.32 Å². The molecule has 1 N–H and O–H groups in total. The molecule has 0 atom stereocenters. The second kappa shape index (κ2) is 3.46. The topological polar surface area (TPSA) is 48.7 Å². The van der Waals surface area contributed by atoms with Crippen LogP contribution in [0.1, 0.15) is 18.5 Å². The lowest BCUT2D eigenvalue weighted by Crippen LogP contribution is -2.44. The van der Waals surface area contributed by atoms with Gasteiger partial charge in [-0.3, -0.25) is 0 Å². The summed E-state index contributed by atoms with van der Waals surface area (Å²) in [6, 6.07) is 4.93. The zero-order valence-electron chi connectivity index (χ0n) is 7.87. The molecule has 1 fully saturated rings. The Kier molecular flexibility index (Phi) is 2.27. The van der Waals surface area contributed by atoms with Crippen molar-refractivity contribution < 1.29 is 8.78 Å². The van der Waals surface area contributed by atoms with Gasteiger partial charge in [-0.05, 0) is 12.1 Å². The van der Waals surface area contributed by atoms with Crippen LogP contribution in [0, 0.1) is 11.3 Å². The number of nitrogens with one attached hydrogen (secondary N) is 1. The Morgan fingerprint density at radius 3 is 2.67 bits per heavy atom. The van der Waals surface area contributed by atoms with E-state index in [1.807, 2.05) is 6.07 Å². The number of hydrogen-bond donors (Lipinski definition) is 1. The molecule has 78 valence electrons. The van der Waals surface area contributed by atoms with Gasteiger partial charge in [0.05, 0.1) is 11.9 Å². The first-order valence-corrected chi connectivity index (χ1v) is 4.60. The third-order valence-corrected chi connectivity index (χ3v) is 2.34. The lowest BCUT2D eigenvalue weighted by molar-refractivity contribution is -0.0793. The molecule has 15 heavy (non-hydrogen) atoms. The molecule has 0 saturated heterocycles. The van der Waals surface area contributed by atoms with E-state index in [4.69, 9.17) is 5.26 Å². The molecule has 0 unspecified atom stereocenters. The zero-order chi connectivity index (χ0) is 10.9. The van der Waals surface area contributed by atoms with E-state index in [2.05, 4.69) is 10.3 Å². The van der Waals surface area contributed by atoms with Crippen molar-refractivity contribution in [1.29, 1.82) is 5.26 Å². The number of halogens is 2. The second-order valence-electron chi connectivity index (χ2n) is 3.65. The number of rotatable bonds is 2. The number of nitriles is 1. The summed E-state index contributed by atoms with van der Waals surface area (Å²) in [6.45, 7) is 0. The van der Waals surface area contributed by atoms with Gasteiger partial charge in [-0.15, -0.1) is 0 Å². The smallest absolute Gasteiger partial charge is 0.252 e. The van der Waals surface area contributed by atoms with Crippen LogP contribution in [0.2, 0.25) is 0 Å². The first-order chi connectivity index (χ1) is 7.09. The minimum atomic E-state index is -2.52. The first-order valence-electron chi connectivity index (χ1n) is 4.60. The van der Waals surface area contributed by atoms with Gasteiger partial charge in [-0.2, -0.15) is 5.26 Å². The summed E-state index contributed by atoms with van der Waals surface area (Å²) in [6.07, 6.45) is 1.22. The molecule has 1 aromatic heterocycles. The summed E-state index contributed by atoms with van der Waals surface area (Å²) in [5.74, 6) is -2.52. The lowest BCUT2D eigenvalue weighted by Gasteiger charge is -2.35. The number of nitrogens with zero attached hydrogens (tertiary/aromatic N) is 2. The Morgan fingerprint density at radius 1 is 1.47 bits per heavy atom. The molecule has 1 heterocycles. The average molecular weight is 209 g/mol. The van der Waals surface area contributed by atoms with Crippen LogP contribution in [0.25, 0.3) is 0 Å². The minimum Gasteiger partial charge on any atom is -0.381 e. The maximum atomic E-state index is 12.5. The van der Waals surface area contributed by atoms with E-state index >= 15 is 0 Å². The maximum absolute atomic E-state index is 12.5. The highest BCUT2D eigenvalue weighted by atomic mass is 19.3. The summed E-state index contributed by atoms with van der Waals surface area (Å²) < 4.78 is 25.0. The van der Waals surface area contributed by atoms with Crippen molar-refractivity contribution in [3.63, 3.8) is 0 Å². The molecule has 2 rings (SSSR count). The third-order valence-electron chi connectivity index (χ3n) is 2.34. The summed E-state index contributed by atoms with van der Waals surface area (Å²) in [5.41, 5.74) is 0.994. The molecule has 1 saturated carbocycles. The predicted octanol–water partition coefficient (Wildman–Crippen LogP) is 2.16. The fourth-order valence-electron chi connectivity index (χ4n) is 1.54. The van der Waals surface area contributed by atoms with Gasteiger partial charge in [0.15, 0.2) is 0 Å². The summed E-state index contributed by atoms with van der Waals surface area (Å²) in [5, 5.41) is 11.4. The van der Waals surface area contributed by atoms with E-state index in [0.717, 1.165) is 0 Å². The Balaban J connectivity index is 1.93. The highest BCUT2D eigenvalue weighted by Crippen LogP contribution is 2.38. The average Bonchev–Trinajstić information content (AvgIpc) is 2.16. The van der Waals surface area contributed by atoms with Crippen molar-refractivity contribution in [1.82, 2.24) is 4.98 Å². The van der Waals surface area contributed by atoms with Gasteiger partial charge in [0.25, 0.3) is 5.92 Å². The number of pyridine rings is 1. The van der Waals surface area contributed by atoms with Crippen LogP contribution in [-0.4, -0.2) is 16.9 Å². The second-order valence-corrected chi connectivity index (χ2v) is 3.65. The van der Waals surface area contributed by atoms with Crippen LogP contribution in [0.5, 0.6) is 0 Å². The van der Waals surface area contributed by atoms with E-state index in [0.29, 0.717) is 11.4 Å². The molecular weight excluding hydrogens is 200 g/mol. The highest BCUT2D eigenvalue weighted by molar-refractivity contribution is 5.44. The van der Waals surface area contributed by atoms with Crippen molar-refractivity contribution in [2.24, 2.45) is 0 Å². The van der Waals surface area contributed by atoms with E-state index in [9.17, 15) is 8.78 Å². The SMILES string of the molecule is N#Cc1ccc(NC2CC(F)(F)C2)cn1. The van der Waals surface area contributed by atoms with Gasteiger partial charge < -0.3 is 5.32 Å².